The fourth-order valence-corrected chi connectivity index (χ4v) is 7.65. The maximum absolute atomic E-state index is 12.9. The number of anilines is 1. The van der Waals surface area contributed by atoms with E-state index in [0.717, 1.165) is 18.2 Å². The molecule has 5 aliphatic rings. The first-order chi connectivity index (χ1) is 12.7. The van der Waals surface area contributed by atoms with Crippen LogP contribution in [0.25, 0.3) is 0 Å². The molecule has 27 heavy (non-hydrogen) atoms. The number of nitrogens with one attached hydrogen (secondary N) is 2. The molecule has 6 rings (SSSR count). The molecule has 2 N–H and O–H groups in total. The van der Waals surface area contributed by atoms with E-state index in [1.165, 1.54) is 25.7 Å². The highest BCUT2D eigenvalue weighted by atomic mass is 79.9. The molecule has 0 aromatic heterocycles. The molecule has 2 bridgehead atoms. The van der Waals surface area contributed by atoms with Crippen LogP contribution in [0.5, 0.6) is 0 Å². The number of hydrogen-bond donors (Lipinski definition) is 2. The zero-order valence-corrected chi connectivity index (χ0v) is 17.3. The van der Waals surface area contributed by atoms with Crippen molar-refractivity contribution in [2.24, 2.45) is 16.7 Å². The number of hydrogen-bond acceptors (Lipinski definition) is 3. The molecule has 0 aliphatic heterocycles. The van der Waals surface area contributed by atoms with Crippen LogP contribution in [-0.4, -0.2) is 26.9 Å². The monoisotopic (exact) mass is 460 g/mol. The van der Waals surface area contributed by atoms with E-state index in [1.807, 2.05) is 0 Å². The Morgan fingerprint density at radius 2 is 1.93 bits per heavy atom. The summed E-state index contributed by atoms with van der Waals surface area (Å²) in [6, 6.07) is 4.94. The van der Waals surface area contributed by atoms with E-state index in [2.05, 4.69) is 26.0 Å². The maximum Gasteiger partial charge on any atom is 0.244 e. The third kappa shape index (κ3) is 2.77. The lowest BCUT2D eigenvalue weighted by molar-refractivity contribution is -0.220. The molecule has 5 fully saturated rings. The molecule has 5 aliphatic carbocycles. The van der Waals surface area contributed by atoms with E-state index in [0.29, 0.717) is 9.89 Å². The Bertz CT molecular complexity index is 881. The van der Waals surface area contributed by atoms with Gasteiger partial charge in [0.25, 0.3) is 0 Å². The van der Waals surface area contributed by atoms with Gasteiger partial charge in [0.1, 0.15) is 0 Å². The summed E-state index contributed by atoms with van der Waals surface area (Å²) < 4.78 is 54.6. The van der Waals surface area contributed by atoms with Gasteiger partial charge >= 0.3 is 0 Å². The van der Waals surface area contributed by atoms with Crippen molar-refractivity contribution in [3.8, 4) is 0 Å². The van der Waals surface area contributed by atoms with Crippen LogP contribution in [0.2, 0.25) is 0 Å². The Kier molecular flexibility index (Phi) is 3.84. The molecular weight excluding hydrogens is 438 g/mol. The fraction of sp³-hybridized carbons (Fsp3) is 0.684. The first kappa shape index (κ1) is 18.3. The largest absolute Gasteiger partial charge is 0.384 e. The van der Waals surface area contributed by atoms with Gasteiger partial charge in [0.05, 0.1) is 4.90 Å². The second-order valence-electron chi connectivity index (χ2n) is 9.22. The summed E-state index contributed by atoms with van der Waals surface area (Å²) in [5.41, 5.74) is -0.123. The first-order valence-electron chi connectivity index (χ1n) is 9.53. The van der Waals surface area contributed by atoms with E-state index in [-0.39, 0.29) is 24.2 Å². The second kappa shape index (κ2) is 5.66. The topological polar surface area (TPSA) is 58.2 Å². The summed E-state index contributed by atoms with van der Waals surface area (Å²) in [6.07, 6.45) is 3.68. The van der Waals surface area contributed by atoms with E-state index in [9.17, 15) is 17.2 Å². The summed E-state index contributed by atoms with van der Waals surface area (Å²) in [7, 11) is -3.72. The highest BCUT2D eigenvalue weighted by Crippen LogP contribution is 2.70. The lowest BCUT2D eigenvalue weighted by atomic mass is 9.40. The minimum Gasteiger partial charge on any atom is -0.384 e. The molecule has 0 amide bonds. The Labute approximate surface area is 166 Å². The Hall–Kier alpha value is -0.730. The average molecular weight is 461 g/mol. The van der Waals surface area contributed by atoms with Gasteiger partial charge < -0.3 is 5.32 Å². The van der Waals surface area contributed by atoms with Gasteiger partial charge in [-0.15, -0.1) is 0 Å². The van der Waals surface area contributed by atoms with Crippen LogP contribution >= 0.6 is 15.9 Å². The van der Waals surface area contributed by atoms with Crippen LogP contribution in [0.4, 0.5) is 14.5 Å². The zero-order valence-electron chi connectivity index (χ0n) is 14.9. The van der Waals surface area contributed by atoms with E-state index in [4.69, 9.17) is 0 Å². The molecule has 1 aromatic rings. The Morgan fingerprint density at radius 1 is 1.22 bits per heavy atom. The van der Waals surface area contributed by atoms with Gasteiger partial charge in [-0.3, -0.25) is 0 Å². The van der Waals surface area contributed by atoms with Crippen molar-refractivity contribution in [2.45, 2.75) is 61.8 Å². The molecule has 1 atom stereocenters. The van der Waals surface area contributed by atoms with Crippen molar-refractivity contribution in [3.63, 3.8) is 0 Å². The smallest absolute Gasteiger partial charge is 0.244 e. The summed E-state index contributed by atoms with van der Waals surface area (Å²) in [4.78, 5) is 0.164. The highest BCUT2D eigenvalue weighted by molar-refractivity contribution is 9.10. The van der Waals surface area contributed by atoms with E-state index >= 15 is 0 Å². The molecule has 148 valence electrons. The van der Waals surface area contributed by atoms with Gasteiger partial charge in [0.15, 0.2) is 0 Å². The minimum atomic E-state index is -3.72. The second-order valence-corrected chi connectivity index (χ2v) is 11.8. The normalized spacial score (nSPS) is 35.3. The van der Waals surface area contributed by atoms with E-state index in [1.54, 1.807) is 18.2 Å². The highest BCUT2D eigenvalue weighted by Gasteiger charge is 2.73. The van der Waals surface area contributed by atoms with E-state index < -0.39 is 27.4 Å². The van der Waals surface area contributed by atoms with Crippen molar-refractivity contribution in [3.05, 3.63) is 22.7 Å². The molecule has 0 heterocycles. The van der Waals surface area contributed by atoms with Gasteiger partial charge in [-0.1, -0.05) is 6.42 Å². The van der Waals surface area contributed by atoms with Gasteiger partial charge in [-0.05, 0) is 84.0 Å². The molecule has 8 heteroatoms. The Balaban J connectivity index is 1.22. The number of halogens is 3. The van der Waals surface area contributed by atoms with Gasteiger partial charge in [0, 0.05) is 27.7 Å². The standard InChI is InChI=1S/C19H23BrF2N2O2S/c20-14-6-13(2-3-15(14)23-8-12-7-17(12)4-1-5-17)27(25,26)24-19-9-18(10-19,11-19)16(21)22/h2-3,6,12,16,23-24H,1,4-5,7-11H2. The fourth-order valence-electron chi connectivity index (χ4n) is 5.55. The molecular formula is C19H23BrF2N2O2S. The quantitative estimate of drug-likeness (QED) is 0.628. The summed E-state index contributed by atoms with van der Waals surface area (Å²) in [5, 5.41) is 3.43. The number of benzene rings is 1. The minimum absolute atomic E-state index is 0.164. The van der Waals surface area contributed by atoms with Gasteiger partial charge in [-0.2, -0.15) is 0 Å². The average Bonchev–Trinajstić information content (AvgIpc) is 3.23. The Morgan fingerprint density at radius 3 is 2.44 bits per heavy atom. The van der Waals surface area contributed by atoms with Crippen molar-refractivity contribution < 1.29 is 17.2 Å². The van der Waals surface area contributed by atoms with Crippen LogP contribution in [0, 0.1) is 16.7 Å². The molecule has 0 saturated heterocycles. The summed E-state index contributed by atoms with van der Waals surface area (Å²) in [6.45, 7) is 0.918. The zero-order chi connectivity index (χ0) is 19.1. The number of sulfonamides is 1. The van der Waals surface area contributed by atoms with Crippen LogP contribution in [0.15, 0.2) is 27.6 Å². The molecule has 1 unspecified atom stereocenters. The third-order valence-corrected chi connectivity index (χ3v) is 9.62. The SMILES string of the molecule is O=S(=O)(NC12CC(C(F)F)(C1)C2)c1ccc(NCC2CC23CCC3)c(Br)c1. The summed E-state index contributed by atoms with van der Waals surface area (Å²) >= 11 is 3.46. The maximum atomic E-state index is 12.9. The van der Waals surface area contributed by atoms with Gasteiger partial charge in [-0.25, -0.2) is 21.9 Å². The lowest BCUT2D eigenvalue weighted by Crippen LogP contribution is -2.76. The number of rotatable bonds is 7. The summed E-state index contributed by atoms with van der Waals surface area (Å²) in [5.74, 6) is 0.731. The molecule has 1 aromatic carbocycles. The van der Waals surface area contributed by atoms with Crippen LogP contribution in [0.1, 0.15) is 44.9 Å². The van der Waals surface area contributed by atoms with Crippen LogP contribution < -0.4 is 10.0 Å². The predicted octanol–water partition coefficient (Wildman–Crippen LogP) is 4.52. The molecule has 0 radical (unpaired) electrons. The van der Waals surface area contributed by atoms with Crippen molar-refractivity contribution >= 4 is 31.6 Å². The van der Waals surface area contributed by atoms with Crippen molar-refractivity contribution in [2.75, 3.05) is 11.9 Å². The van der Waals surface area contributed by atoms with Crippen LogP contribution in [0.3, 0.4) is 0 Å². The molecule has 4 nitrogen and oxygen atoms in total. The third-order valence-electron chi connectivity index (χ3n) is 7.38. The number of alkyl halides is 2. The van der Waals surface area contributed by atoms with Crippen molar-refractivity contribution in [1.29, 1.82) is 0 Å². The first-order valence-corrected chi connectivity index (χ1v) is 11.8. The molecule has 1 spiro atoms. The van der Waals surface area contributed by atoms with Crippen molar-refractivity contribution in [1.82, 2.24) is 4.72 Å². The van der Waals surface area contributed by atoms with Gasteiger partial charge in [0.2, 0.25) is 16.4 Å². The van der Waals surface area contributed by atoms with Crippen LogP contribution in [-0.2, 0) is 10.0 Å². The predicted molar refractivity (Wildman–Crippen MR) is 102 cm³/mol. The lowest BCUT2D eigenvalue weighted by Gasteiger charge is -2.69. The molecule has 5 saturated carbocycles.